The minimum Gasteiger partial charge on any atom is -0.507 e. The third-order valence-corrected chi connectivity index (χ3v) is 6.14. The number of aromatic hydroxyl groups is 1. The minimum atomic E-state index is 0. The van der Waals surface area contributed by atoms with E-state index in [4.69, 9.17) is 5.10 Å². The van der Waals surface area contributed by atoms with Crippen molar-refractivity contribution in [2.24, 2.45) is 7.05 Å². The maximum absolute atomic E-state index is 10.7. The molecule has 8 nitrogen and oxygen atoms in total. The lowest BCUT2D eigenvalue weighted by Crippen LogP contribution is -2.58. The van der Waals surface area contributed by atoms with Crippen LogP contribution in [0.3, 0.4) is 0 Å². The Morgan fingerprint density at radius 2 is 1.68 bits per heavy atom. The second-order valence-electron chi connectivity index (χ2n) is 10.2. The van der Waals surface area contributed by atoms with Crippen LogP contribution in [0.4, 0.5) is 0 Å². The number of phenols is 1. The van der Waals surface area contributed by atoms with Crippen molar-refractivity contribution in [1.82, 2.24) is 35.1 Å². The van der Waals surface area contributed by atoms with Crippen LogP contribution in [0.25, 0.3) is 33.4 Å². The molecule has 1 saturated heterocycles. The zero-order chi connectivity index (χ0) is 22.7. The molecule has 10 heteroatoms. The zero-order valence-electron chi connectivity index (χ0n) is 20.0. The summed E-state index contributed by atoms with van der Waals surface area (Å²) in [6, 6.07) is 7.80. The number of benzene rings is 1. The Labute approximate surface area is 211 Å². The monoisotopic (exact) mass is 503 g/mol. The molecule has 1 fully saturated rings. The lowest BCUT2D eigenvalue weighted by molar-refractivity contribution is 0.126. The van der Waals surface area contributed by atoms with Crippen molar-refractivity contribution in [3.63, 3.8) is 0 Å². The van der Waals surface area contributed by atoms with E-state index in [1.807, 2.05) is 36.1 Å². The predicted molar refractivity (Wildman–Crippen MR) is 139 cm³/mol. The Hall–Kier alpha value is -2.68. The van der Waals surface area contributed by atoms with Crippen LogP contribution in [0.2, 0.25) is 0 Å². The van der Waals surface area contributed by atoms with Crippen LogP contribution >= 0.6 is 24.8 Å². The highest BCUT2D eigenvalue weighted by atomic mass is 35.5. The van der Waals surface area contributed by atoms with Crippen LogP contribution < -0.4 is 5.32 Å². The van der Waals surface area contributed by atoms with E-state index in [0.29, 0.717) is 16.9 Å². The molecule has 0 aliphatic carbocycles. The Bertz CT molecular complexity index is 1300. The molecule has 34 heavy (non-hydrogen) atoms. The van der Waals surface area contributed by atoms with E-state index < -0.39 is 0 Å². The highest BCUT2D eigenvalue weighted by Crippen LogP contribution is 2.37. The second-order valence-corrected chi connectivity index (χ2v) is 10.2. The summed E-state index contributed by atoms with van der Waals surface area (Å²) in [5, 5.41) is 32.9. The number of nitrogens with zero attached hydrogens (tertiary/aromatic N) is 6. The van der Waals surface area contributed by atoms with Crippen LogP contribution in [0.15, 0.2) is 42.9 Å². The summed E-state index contributed by atoms with van der Waals surface area (Å²) in [6.45, 7) is 8.94. The van der Waals surface area contributed by atoms with Crippen LogP contribution in [0.1, 0.15) is 46.6 Å². The average molecular weight is 504 g/mol. The molecule has 0 radical (unpaired) electrons. The number of nitrogens with one attached hydrogen (secondary N) is 1. The molecule has 4 heterocycles. The highest BCUT2D eigenvalue weighted by molar-refractivity contribution is 5.85. The molecule has 1 aliphatic rings. The topological polar surface area (TPSA) is 93.7 Å². The summed E-state index contributed by atoms with van der Waals surface area (Å²) in [7, 11) is 1.87. The van der Waals surface area contributed by atoms with E-state index in [-0.39, 0.29) is 47.7 Å². The quantitative estimate of drug-likeness (QED) is 0.411. The van der Waals surface area contributed by atoms with Gasteiger partial charge in [0.2, 0.25) is 5.65 Å². The number of halogens is 2. The molecule has 5 rings (SSSR count). The van der Waals surface area contributed by atoms with Crippen molar-refractivity contribution in [3.05, 3.63) is 42.9 Å². The Kier molecular flexibility index (Phi) is 6.99. The lowest BCUT2D eigenvalue weighted by atomic mass is 9.80. The van der Waals surface area contributed by atoms with Gasteiger partial charge in [0.25, 0.3) is 0 Å². The molecule has 4 aromatic rings. The number of phenolic OH excluding ortho intramolecular Hbond substituents is 1. The SMILES string of the molecule is Cl.Cl.Cn1cc(-c2ccc(-c3cc4cn(C5CC(C)(C)NC(C)(C)C5)nc4nn3)c(O)c2)cn1. The first-order chi connectivity index (χ1) is 15.1. The van der Waals surface area contributed by atoms with Crippen LogP contribution in [0.5, 0.6) is 5.75 Å². The van der Waals surface area contributed by atoms with Crippen LogP contribution in [-0.4, -0.2) is 45.9 Å². The summed E-state index contributed by atoms with van der Waals surface area (Å²) in [4.78, 5) is 0. The normalized spacial score (nSPS) is 17.2. The van der Waals surface area contributed by atoms with Crippen molar-refractivity contribution in [2.75, 3.05) is 0 Å². The molecule has 0 unspecified atom stereocenters. The smallest absolute Gasteiger partial charge is 0.203 e. The van der Waals surface area contributed by atoms with Gasteiger partial charge in [-0.2, -0.15) is 10.2 Å². The van der Waals surface area contributed by atoms with Crippen LogP contribution in [-0.2, 0) is 7.05 Å². The van der Waals surface area contributed by atoms with Crippen molar-refractivity contribution in [1.29, 1.82) is 0 Å². The molecule has 3 aromatic heterocycles. The fraction of sp³-hybridized carbons (Fsp3) is 0.417. The summed E-state index contributed by atoms with van der Waals surface area (Å²) < 4.78 is 3.78. The number of fused-ring (bicyclic) bond motifs is 1. The van der Waals surface area contributed by atoms with E-state index in [1.165, 1.54) is 0 Å². The molecule has 2 N–H and O–H groups in total. The molecule has 1 aliphatic heterocycles. The van der Waals surface area contributed by atoms with Gasteiger partial charge >= 0.3 is 0 Å². The summed E-state index contributed by atoms with van der Waals surface area (Å²) in [5.41, 5.74) is 3.80. The minimum absolute atomic E-state index is 0. The second kappa shape index (κ2) is 9.17. The average Bonchev–Trinajstić information content (AvgIpc) is 3.31. The summed E-state index contributed by atoms with van der Waals surface area (Å²) in [5.74, 6) is 0.161. The zero-order valence-corrected chi connectivity index (χ0v) is 21.6. The van der Waals surface area contributed by atoms with Gasteiger partial charge in [0.05, 0.1) is 17.9 Å². The largest absolute Gasteiger partial charge is 0.507 e. The number of piperidine rings is 1. The number of aryl methyl sites for hydroxylation is 1. The summed E-state index contributed by atoms with van der Waals surface area (Å²) >= 11 is 0. The van der Waals surface area contributed by atoms with Crippen molar-refractivity contribution >= 4 is 35.8 Å². The van der Waals surface area contributed by atoms with Gasteiger partial charge in [-0.15, -0.1) is 35.0 Å². The molecular formula is C24H31Cl2N7O. The van der Waals surface area contributed by atoms with Crippen molar-refractivity contribution in [2.45, 2.75) is 57.7 Å². The molecule has 0 atom stereocenters. The molecular weight excluding hydrogens is 473 g/mol. The van der Waals surface area contributed by atoms with Gasteiger partial charge in [-0.3, -0.25) is 9.36 Å². The molecule has 182 valence electrons. The van der Waals surface area contributed by atoms with E-state index in [1.54, 1.807) is 16.9 Å². The third kappa shape index (κ3) is 5.04. The number of hydrogen-bond acceptors (Lipinski definition) is 6. The fourth-order valence-electron chi connectivity index (χ4n) is 5.13. The first-order valence-corrected chi connectivity index (χ1v) is 10.9. The Morgan fingerprint density at radius 1 is 0.971 bits per heavy atom. The van der Waals surface area contributed by atoms with Gasteiger partial charge in [0.1, 0.15) is 5.75 Å². The predicted octanol–water partition coefficient (Wildman–Crippen LogP) is 4.92. The number of rotatable bonds is 3. The Balaban J connectivity index is 0.00000162. The maximum atomic E-state index is 10.7. The third-order valence-electron chi connectivity index (χ3n) is 6.14. The van der Waals surface area contributed by atoms with E-state index >= 15 is 0 Å². The van der Waals surface area contributed by atoms with Gasteiger partial charge in [-0.1, -0.05) is 6.07 Å². The first-order valence-electron chi connectivity index (χ1n) is 10.9. The number of hydrogen-bond donors (Lipinski definition) is 2. The van der Waals surface area contributed by atoms with Crippen molar-refractivity contribution < 1.29 is 5.11 Å². The van der Waals surface area contributed by atoms with Gasteiger partial charge in [0.15, 0.2) is 0 Å². The lowest BCUT2D eigenvalue weighted by Gasteiger charge is -2.46. The van der Waals surface area contributed by atoms with Gasteiger partial charge < -0.3 is 10.4 Å². The Morgan fingerprint density at radius 3 is 2.29 bits per heavy atom. The van der Waals surface area contributed by atoms with E-state index in [0.717, 1.165) is 29.4 Å². The van der Waals surface area contributed by atoms with Gasteiger partial charge in [-0.25, -0.2) is 0 Å². The highest BCUT2D eigenvalue weighted by Gasteiger charge is 2.38. The maximum Gasteiger partial charge on any atom is 0.203 e. The standard InChI is InChI=1S/C24H29N7O.2ClH/c1-23(2)10-18(11-24(3,4)29-23)31-14-16-8-20(26-27-22(16)28-31)19-7-6-15(9-21(19)32)17-12-25-30(5)13-17;;/h6-9,12-14,18,29,32H,10-11H2,1-5H3;2*1H. The molecule has 0 amide bonds. The van der Waals surface area contributed by atoms with Gasteiger partial charge in [-0.05, 0) is 64.3 Å². The van der Waals surface area contributed by atoms with Crippen molar-refractivity contribution in [3.8, 4) is 28.1 Å². The molecule has 0 spiro atoms. The van der Waals surface area contributed by atoms with Crippen LogP contribution in [0, 0.1) is 0 Å². The van der Waals surface area contributed by atoms with E-state index in [2.05, 4.69) is 54.5 Å². The first kappa shape index (κ1) is 25.9. The van der Waals surface area contributed by atoms with E-state index in [9.17, 15) is 5.11 Å². The fourth-order valence-corrected chi connectivity index (χ4v) is 5.13. The molecule has 0 saturated carbocycles. The number of aromatic nitrogens is 6. The summed E-state index contributed by atoms with van der Waals surface area (Å²) in [6.07, 6.45) is 7.72. The molecule has 1 aromatic carbocycles. The molecule has 0 bridgehead atoms. The van der Waals surface area contributed by atoms with Gasteiger partial charge in [0, 0.05) is 47.0 Å².